The molecule has 0 unspecified atom stereocenters. The van der Waals surface area contributed by atoms with Gasteiger partial charge in [0.2, 0.25) is 0 Å². The molecule has 0 N–H and O–H groups in total. The number of rotatable bonds is 10. The first kappa shape index (κ1) is 34.6. The third-order valence-corrected chi connectivity index (χ3v) is 11.3. The highest BCUT2D eigenvalue weighted by atomic mass is 35.5. The molecule has 0 saturated heterocycles. The normalized spacial score (nSPS) is 12.2. The van der Waals surface area contributed by atoms with Crippen LogP contribution in [0, 0.1) is 27.7 Å². The second-order valence-electron chi connectivity index (χ2n) is 10.9. The highest BCUT2D eigenvalue weighted by Crippen LogP contribution is 2.34. The van der Waals surface area contributed by atoms with E-state index >= 15 is 0 Å². The van der Waals surface area contributed by atoms with E-state index < -0.39 is 44.8 Å². The predicted octanol–water partition coefficient (Wildman–Crippen LogP) is 5.93. The Labute approximate surface area is 286 Å². The molecule has 0 aliphatic heterocycles. The van der Waals surface area contributed by atoms with Crippen LogP contribution in [-0.2, 0) is 20.2 Å². The molecule has 248 valence electrons. The molecule has 5 aromatic rings. The van der Waals surface area contributed by atoms with Crippen LogP contribution in [-0.4, -0.2) is 26.3 Å². The zero-order chi connectivity index (χ0) is 34.8. The quantitative estimate of drug-likeness (QED) is 0.173. The lowest BCUT2D eigenvalue weighted by Gasteiger charge is -2.12. The second kappa shape index (κ2) is 13.8. The summed E-state index contributed by atoms with van der Waals surface area (Å²) in [5.74, 6) is 0. The van der Waals surface area contributed by atoms with Gasteiger partial charge in [-0.25, -0.2) is 0 Å². The molecule has 3 aromatic heterocycles. The SMILES string of the molecule is Cc1ccc(C=Cc2cc(C)cc(=O)n2OS(=O)(=O)c2cc(S(=O)(=O)On3c(C=Cc4ccc(C)cc4)cc(C)cc3=O)c(Cl)s2)cc1. The predicted molar refractivity (Wildman–Crippen MR) is 188 cm³/mol. The second-order valence-corrected chi connectivity index (χ2v) is 15.8. The molecule has 10 nitrogen and oxygen atoms in total. The lowest BCUT2D eigenvalue weighted by atomic mass is 10.1. The Morgan fingerprint density at radius 2 is 1.00 bits per heavy atom. The van der Waals surface area contributed by atoms with Gasteiger partial charge in [0.25, 0.3) is 11.1 Å². The van der Waals surface area contributed by atoms with E-state index in [1.54, 1.807) is 38.1 Å². The number of benzene rings is 2. The molecule has 48 heavy (non-hydrogen) atoms. The fourth-order valence-electron chi connectivity index (χ4n) is 4.44. The standard InChI is InChI=1S/C34H29ClN2O8S3/c1-22-5-9-26(10-6-22)13-15-28-17-24(3)19-31(38)36(28)44-47(40,41)30-21-33(46-34(30)35)48(42,43)45-37-29(18-25(4)20-32(37)39)16-14-27-11-7-23(2)8-12-27/h5-21H,1-4H3. The monoisotopic (exact) mass is 724 g/mol. The van der Waals surface area contributed by atoms with Gasteiger partial charge in [0.1, 0.15) is 9.23 Å². The van der Waals surface area contributed by atoms with Crippen molar-refractivity contribution in [2.24, 2.45) is 0 Å². The number of aryl methyl sites for hydroxylation is 4. The zero-order valence-corrected chi connectivity index (χ0v) is 29.3. The molecule has 0 amide bonds. The molecule has 0 spiro atoms. The van der Waals surface area contributed by atoms with Crippen molar-refractivity contribution in [1.82, 2.24) is 9.46 Å². The van der Waals surface area contributed by atoms with Gasteiger partial charge in [-0.2, -0.15) is 16.8 Å². The maximum Gasteiger partial charge on any atom is 0.366 e. The van der Waals surface area contributed by atoms with E-state index in [1.807, 2.05) is 62.4 Å². The van der Waals surface area contributed by atoms with Crippen LogP contribution < -0.4 is 19.7 Å². The molecule has 0 radical (unpaired) electrons. The fourth-order valence-corrected chi connectivity index (χ4v) is 8.59. The average Bonchev–Trinajstić information content (AvgIpc) is 3.43. The van der Waals surface area contributed by atoms with Gasteiger partial charge in [0.05, 0.1) is 11.4 Å². The number of aromatic nitrogens is 2. The van der Waals surface area contributed by atoms with Crippen LogP contribution in [0.5, 0.6) is 0 Å². The summed E-state index contributed by atoms with van der Waals surface area (Å²) in [7, 11) is -9.65. The summed E-state index contributed by atoms with van der Waals surface area (Å²) in [6, 6.07) is 21.2. The number of nitrogens with zero attached hydrogens (tertiary/aromatic N) is 2. The molecular weight excluding hydrogens is 696 g/mol. The number of hydrogen-bond donors (Lipinski definition) is 0. The Hall–Kier alpha value is -4.69. The first-order valence-electron chi connectivity index (χ1n) is 14.3. The van der Waals surface area contributed by atoms with Crippen molar-refractivity contribution in [2.45, 2.75) is 36.8 Å². The lowest BCUT2D eigenvalue weighted by molar-refractivity contribution is 0.264. The van der Waals surface area contributed by atoms with Crippen LogP contribution in [0.3, 0.4) is 0 Å². The molecule has 3 heterocycles. The third kappa shape index (κ3) is 8.05. The largest absolute Gasteiger partial charge is 0.366 e. The fraction of sp³-hybridized carbons (Fsp3) is 0.118. The Kier molecular flexibility index (Phi) is 9.97. The van der Waals surface area contributed by atoms with E-state index in [1.165, 1.54) is 24.3 Å². The van der Waals surface area contributed by atoms with Gasteiger partial charge in [-0.1, -0.05) is 83.4 Å². The van der Waals surface area contributed by atoms with Crippen LogP contribution in [0.1, 0.15) is 44.8 Å². The molecule has 14 heteroatoms. The first-order valence-corrected chi connectivity index (χ1v) is 18.3. The first-order chi connectivity index (χ1) is 22.6. The van der Waals surface area contributed by atoms with Gasteiger partial charge in [-0.15, -0.1) is 20.8 Å². The summed E-state index contributed by atoms with van der Waals surface area (Å²) >= 11 is 6.62. The van der Waals surface area contributed by atoms with Crippen molar-refractivity contribution in [3.63, 3.8) is 0 Å². The summed E-state index contributed by atoms with van der Waals surface area (Å²) in [4.78, 5) is 25.0. The van der Waals surface area contributed by atoms with Gasteiger partial charge >= 0.3 is 20.2 Å². The van der Waals surface area contributed by atoms with Crippen molar-refractivity contribution < 1.29 is 25.4 Å². The van der Waals surface area contributed by atoms with Crippen LogP contribution in [0.15, 0.2) is 97.6 Å². The Bertz CT molecular complexity index is 2410. The van der Waals surface area contributed by atoms with Crippen LogP contribution in [0.25, 0.3) is 24.3 Å². The molecule has 0 bridgehead atoms. The Morgan fingerprint density at radius 1 is 0.583 bits per heavy atom. The maximum absolute atomic E-state index is 13.4. The number of hydrogen-bond acceptors (Lipinski definition) is 9. The van der Waals surface area contributed by atoms with E-state index in [-0.39, 0.29) is 11.4 Å². The minimum atomic E-state index is -4.86. The third-order valence-electron chi connectivity index (χ3n) is 6.86. The lowest BCUT2D eigenvalue weighted by Crippen LogP contribution is -2.32. The van der Waals surface area contributed by atoms with Crippen molar-refractivity contribution in [1.29, 1.82) is 0 Å². The minimum Gasteiger partial charge on any atom is -0.280 e. The van der Waals surface area contributed by atoms with Crippen molar-refractivity contribution in [3.8, 4) is 0 Å². The smallest absolute Gasteiger partial charge is 0.280 e. The van der Waals surface area contributed by atoms with Gasteiger partial charge in [0, 0.05) is 12.1 Å². The summed E-state index contributed by atoms with van der Waals surface area (Å²) in [5, 5.41) is 0. The zero-order valence-electron chi connectivity index (χ0n) is 26.1. The highest BCUT2D eigenvalue weighted by molar-refractivity contribution is 7.90. The molecular formula is C34H29ClN2O8S3. The van der Waals surface area contributed by atoms with Gasteiger partial charge in [-0.05, 0) is 80.3 Å². The van der Waals surface area contributed by atoms with Gasteiger partial charge in [0.15, 0.2) is 4.21 Å². The van der Waals surface area contributed by atoms with E-state index in [0.717, 1.165) is 28.3 Å². The summed E-state index contributed by atoms with van der Waals surface area (Å²) in [6.07, 6.45) is 6.39. The van der Waals surface area contributed by atoms with Crippen LogP contribution in [0.4, 0.5) is 0 Å². The van der Waals surface area contributed by atoms with E-state index in [2.05, 4.69) is 0 Å². The molecule has 0 aliphatic rings. The Balaban J connectivity index is 1.46. The number of thiophene rings is 1. The Morgan fingerprint density at radius 3 is 1.44 bits per heavy atom. The summed E-state index contributed by atoms with van der Waals surface area (Å²) in [6.45, 7) is 7.21. The molecule has 5 rings (SSSR count). The molecule has 0 saturated carbocycles. The highest BCUT2D eigenvalue weighted by Gasteiger charge is 2.31. The van der Waals surface area contributed by atoms with Crippen LogP contribution >= 0.6 is 22.9 Å². The minimum absolute atomic E-state index is 0.108. The van der Waals surface area contributed by atoms with Crippen molar-refractivity contribution >= 4 is 67.5 Å². The average molecular weight is 725 g/mol. The number of halogens is 1. The van der Waals surface area contributed by atoms with E-state index in [9.17, 15) is 26.4 Å². The number of pyridine rings is 2. The summed E-state index contributed by atoms with van der Waals surface area (Å²) < 4.78 is 64.1. The maximum atomic E-state index is 13.4. The topological polar surface area (TPSA) is 131 Å². The van der Waals surface area contributed by atoms with Gasteiger partial charge in [-0.3, -0.25) is 18.2 Å². The van der Waals surface area contributed by atoms with E-state index in [0.29, 0.717) is 31.9 Å². The summed E-state index contributed by atoms with van der Waals surface area (Å²) in [5.41, 5.74) is 3.48. The van der Waals surface area contributed by atoms with Crippen LogP contribution in [0.2, 0.25) is 4.34 Å². The molecule has 0 fully saturated rings. The van der Waals surface area contributed by atoms with E-state index in [4.69, 9.17) is 20.2 Å². The molecule has 0 atom stereocenters. The van der Waals surface area contributed by atoms with Gasteiger partial charge < -0.3 is 0 Å². The van der Waals surface area contributed by atoms with Crippen molar-refractivity contribution in [3.05, 3.63) is 149 Å². The van der Waals surface area contributed by atoms with Crippen molar-refractivity contribution in [2.75, 3.05) is 0 Å². The molecule has 2 aromatic carbocycles. The molecule has 0 aliphatic carbocycles.